The molecule has 0 radical (unpaired) electrons. The van der Waals surface area contributed by atoms with Crippen LogP contribution in [0.2, 0.25) is 0 Å². The summed E-state index contributed by atoms with van der Waals surface area (Å²) in [6.45, 7) is 4.09. The molecule has 180 valence electrons. The van der Waals surface area contributed by atoms with Gasteiger partial charge in [-0.05, 0) is 49.5 Å². The molecule has 1 aliphatic rings. The van der Waals surface area contributed by atoms with Crippen molar-refractivity contribution in [3.05, 3.63) is 72.6 Å². The second-order valence-electron chi connectivity index (χ2n) is 8.46. The minimum atomic E-state index is -4.38. The van der Waals surface area contributed by atoms with Crippen LogP contribution in [0.5, 0.6) is 0 Å². The summed E-state index contributed by atoms with van der Waals surface area (Å²) in [5, 5.41) is 10.2. The van der Waals surface area contributed by atoms with E-state index in [9.17, 15) is 13.2 Å². The van der Waals surface area contributed by atoms with Gasteiger partial charge in [0.15, 0.2) is 0 Å². The summed E-state index contributed by atoms with van der Waals surface area (Å²) in [6.07, 6.45) is -1.15. The van der Waals surface area contributed by atoms with Gasteiger partial charge in [0.2, 0.25) is 5.95 Å². The molecule has 4 aromatic rings. The van der Waals surface area contributed by atoms with E-state index < -0.39 is 11.7 Å². The molecule has 0 aliphatic carbocycles. The molecule has 0 atom stereocenters. The fraction of sp³-hybridized carbons (Fsp3) is 0.240. The van der Waals surface area contributed by atoms with Crippen LogP contribution in [0.25, 0.3) is 22.5 Å². The first-order valence-electron chi connectivity index (χ1n) is 11.2. The molecule has 0 saturated carbocycles. The number of hydrogen-bond donors (Lipinski definition) is 2. The molecule has 0 unspecified atom stereocenters. The van der Waals surface area contributed by atoms with Gasteiger partial charge in [0.25, 0.3) is 0 Å². The van der Waals surface area contributed by atoms with Crippen LogP contribution in [0.15, 0.2) is 67.0 Å². The summed E-state index contributed by atoms with van der Waals surface area (Å²) in [5.74, 6) is 0.411. The van der Waals surface area contributed by atoms with Gasteiger partial charge >= 0.3 is 6.18 Å². The van der Waals surface area contributed by atoms with Gasteiger partial charge in [0, 0.05) is 54.9 Å². The second-order valence-corrected chi connectivity index (χ2v) is 8.46. The highest BCUT2D eigenvalue weighted by molar-refractivity contribution is 5.79. The minimum Gasteiger partial charge on any atom is -0.369 e. The first-order chi connectivity index (χ1) is 16.9. The molecule has 1 fully saturated rings. The van der Waals surface area contributed by atoms with Crippen LogP contribution in [-0.2, 0) is 6.18 Å². The number of H-pyrrole nitrogens is 1. The van der Waals surface area contributed by atoms with Crippen LogP contribution in [-0.4, -0.2) is 58.3 Å². The number of hydrogen-bond acceptors (Lipinski definition) is 6. The zero-order valence-electron chi connectivity index (χ0n) is 19.0. The van der Waals surface area contributed by atoms with Gasteiger partial charge in [-0.2, -0.15) is 18.3 Å². The van der Waals surface area contributed by atoms with Gasteiger partial charge in [-0.25, -0.2) is 9.97 Å². The molecule has 3 heterocycles. The molecule has 1 saturated heterocycles. The van der Waals surface area contributed by atoms with E-state index in [2.05, 4.69) is 54.5 Å². The second kappa shape index (κ2) is 9.38. The zero-order chi connectivity index (χ0) is 24.4. The number of piperazine rings is 1. The van der Waals surface area contributed by atoms with E-state index in [0.29, 0.717) is 28.5 Å². The molecule has 0 bridgehead atoms. The van der Waals surface area contributed by atoms with Crippen molar-refractivity contribution in [2.75, 3.05) is 43.4 Å². The standard InChI is InChI=1S/C25H24F3N7/c1-34-12-14-35(15-13-34)20-8-6-19(7-9-20)31-24-29-11-10-22(32-24)21-16-30-33-23(21)17-2-4-18(5-3-17)25(26,27)28/h2-11,16H,12-15H2,1H3,(H,30,33)(H,29,31,32). The molecule has 2 N–H and O–H groups in total. The number of likely N-dealkylation sites (N-methyl/N-ethyl adjacent to an activating group) is 1. The lowest BCUT2D eigenvalue weighted by molar-refractivity contribution is -0.137. The van der Waals surface area contributed by atoms with Crippen molar-refractivity contribution in [1.82, 2.24) is 25.1 Å². The lowest BCUT2D eigenvalue weighted by Gasteiger charge is -2.34. The van der Waals surface area contributed by atoms with Crippen LogP contribution in [0.3, 0.4) is 0 Å². The molecule has 35 heavy (non-hydrogen) atoms. The van der Waals surface area contributed by atoms with E-state index >= 15 is 0 Å². The monoisotopic (exact) mass is 479 g/mol. The Morgan fingerprint density at radius 1 is 0.914 bits per heavy atom. The molecule has 2 aromatic heterocycles. The normalized spacial score (nSPS) is 14.8. The lowest BCUT2D eigenvalue weighted by atomic mass is 10.0. The highest BCUT2D eigenvalue weighted by atomic mass is 19.4. The Kier molecular flexibility index (Phi) is 6.12. The highest BCUT2D eigenvalue weighted by Gasteiger charge is 2.30. The number of nitrogens with one attached hydrogen (secondary N) is 2. The fourth-order valence-corrected chi connectivity index (χ4v) is 4.04. The van der Waals surface area contributed by atoms with E-state index in [1.165, 1.54) is 17.8 Å². The number of rotatable bonds is 5. The lowest BCUT2D eigenvalue weighted by Crippen LogP contribution is -2.44. The molecule has 1 aliphatic heterocycles. The Labute approximate surface area is 200 Å². The number of halogens is 3. The van der Waals surface area contributed by atoms with E-state index in [4.69, 9.17) is 0 Å². The van der Waals surface area contributed by atoms with E-state index in [-0.39, 0.29) is 0 Å². The third kappa shape index (κ3) is 5.12. The van der Waals surface area contributed by atoms with Crippen LogP contribution in [0.4, 0.5) is 30.5 Å². The van der Waals surface area contributed by atoms with Crippen molar-refractivity contribution in [2.45, 2.75) is 6.18 Å². The molecular formula is C25H24F3N7. The van der Waals surface area contributed by atoms with E-state index in [1.54, 1.807) is 18.5 Å². The molecule has 2 aromatic carbocycles. The van der Waals surface area contributed by atoms with Crippen LogP contribution >= 0.6 is 0 Å². The Balaban J connectivity index is 1.33. The smallest absolute Gasteiger partial charge is 0.369 e. The SMILES string of the molecule is CN1CCN(c2ccc(Nc3nccc(-c4cn[nH]c4-c4ccc(C(F)(F)F)cc4)n3)cc2)CC1. The van der Waals surface area contributed by atoms with Gasteiger partial charge in [0.1, 0.15) is 0 Å². The summed E-state index contributed by atoms with van der Waals surface area (Å²) >= 11 is 0. The number of anilines is 3. The van der Waals surface area contributed by atoms with Crippen molar-refractivity contribution in [3.63, 3.8) is 0 Å². The summed E-state index contributed by atoms with van der Waals surface area (Å²) in [6, 6.07) is 14.8. The average Bonchev–Trinajstić information content (AvgIpc) is 3.35. The third-order valence-electron chi connectivity index (χ3n) is 6.06. The Morgan fingerprint density at radius 2 is 1.63 bits per heavy atom. The maximum atomic E-state index is 12.9. The van der Waals surface area contributed by atoms with Gasteiger partial charge in [0.05, 0.1) is 23.1 Å². The van der Waals surface area contributed by atoms with Crippen LogP contribution in [0, 0.1) is 0 Å². The molecular weight excluding hydrogens is 455 g/mol. The zero-order valence-corrected chi connectivity index (χ0v) is 19.0. The molecule has 5 rings (SSSR count). The van der Waals surface area contributed by atoms with Gasteiger partial charge in [-0.1, -0.05) is 12.1 Å². The Morgan fingerprint density at radius 3 is 2.31 bits per heavy atom. The number of benzene rings is 2. The van der Waals surface area contributed by atoms with Crippen LogP contribution < -0.4 is 10.2 Å². The topological polar surface area (TPSA) is 73.0 Å². The van der Waals surface area contributed by atoms with Crippen LogP contribution in [0.1, 0.15) is 5.56 Å². The van der Waals surface area contributed by atoms with Crippen molar-refractivity contribution in [3.8, 4) is 22.5 Å². The highest BCUT2D eigenvalue weighted by Crippen LogP contribution is 2.33. The number of alkyl halides is 3. The summed E-state index contributed by atoms with van der Waals surface area (Å²) in [5.41, 5.74) is 3.77. The number of nitrogens with zero attached hydrogens (tertiary/aromatic N) is 5. The minimum absolute atomic E-state index is 0.411. The first-order valence-corrected chi connectivity index (χ1v) is 11.2. The maximum Gasteiger partial charge on any atom is 0.416 e. The molecule has 7 nitrogen and oxygen atoms in total. The van der Waals surface area contributed by atoms with Gasteiger partial charge < -0.3 is 15.1 Å². The molecule has 0 spiro atoms. The van der Waals surface area contributed by atoms with E-state index in [0.717, 1.165) is 44.0 Å². The van der Waals surface area contributed by atoms with Crippen molar-refractivity contribution in [2.24, 2.45) is 0 Å². The van der Waals surface area contributed by atoms with Crippen molar-refractivity contribution in [1.29, 1.82) is 0 Å². The Hall–Kier alpha value is -3.92. The Bertz CT molecular complexity index is 1280. The van der Waals surface area contributed by atoms with Crippen molar-refractivity contribution < 1.29 is 13.2 Å². The maximum absolute atomic E-state index is 12.9. The number of aromatic amines is 1. The average molecular weight is 480 g/mol. The fourth-order valence-electron chi connectivity index (χ4n) is 4.04. The summed E-state index contributed by atoms with van der Waals surface area (Å²) < 4.78 is 38.7. The quantitative estimate of drug-likeness (QED) is 0.418. The van der Waals surface area contributed by atoms with Crippen molar-refractivity contribution >= 4 is 17.3 Å². The predicted molar refractivity (Wildman–Crippen MR) is 129 cm³/mol. The summed E-state index contributed by atoms with van der Waals surface area (Å²) in [7, 11) is 2.13. The largest absolute Gasteiger partial charge is 0.416 e. The predicted octanol–water partition coefficient (Wildman–Crippen LogP) is 5.05. The first kappa shape index (κ1) is 22.9. The third-order valence-corrected chi connectivity index (χ3v) is 6.06. The van der Waals surface area contributed by atoms with E-state index in [1.807, 2.05) is 12.1 Å². The number of aromatic nitrogens is 4. The molecule has 10 heteroatoms. The molecule has 0 amide bonds. The van der Waals surface area contributed by atoms with Gasteiger partial charge in [-0.15, -0.1) is 0 Å². The van der Waals surface area contributed by atoms with Gasteiger partial charge in [-0.3, -0.25) is 5.10 Å². The summed E-state index contributed by atoms with van der Waals surface area (Å²) in [4.78, 5) is 13.6.